The Morgan fingerprint density at radius 2 is 2.12 bits per heavy atom. The first-order valence-corrected chi connectivity index (χ1v) is 5.59. The lowest BCUT2D eigenvalue weighted by atomic mass is 10.1. The van der Waals surface area contributed by atoms with E-state index in [9.17, 15) is 9.90 Å². The Labute approximate surface area is 96.5 Å². The van der Waals surface area contributed by atoms with Crippen LogP contribution in [0.4, 0.5) is 5.69 Å². The van der Waals surface area contributed by atoms with Crippen molar-refractivity contribution in [1.82, 2.24) is 0 Å². The number of benzene rings is 1. The van der Waals surface area contributed by atoms with Gasteiger partial charge in [-0.15, -0.1) is 0 Å². The largest absolute Gasteiger partial charge is 0.508 e. The van der Waals surface area contributed by atoms with E-state index in [-0.39, 0.29) is 11.7 Å². The van der Waals surface area contributed by atoms with E-state index < -0.39 is 0 Å². The van der Waals surface area contributed by atoms with Gasteiger partial charge in [0.2, 0.25) is 5.91 Å². The van der Waals surface area contributed by atoms with Gasteiger partial charge in [-0.3, -0.25) is 4.79 Å². The fourth-order valence-electron chi connectivity index (χ4n) is 1.39. The van der Waals surface area contributed by atoms with E-state index in [0.29, 0.717) is 23.6 Å². The highest BCUT2D eigenvalue weighted by Gasteiger charge is 2.07. The summed E-state index contributed by atoms with van der Waals surface area (Å²) >= 11 is 0. The molecule has 3 nitrogen and oxygen atoms in total. The molecule has 88 valence electrons. The molecule has 0 radical (unpaired) electrons. The number of carbonyl (C=O) groups excluding carboxylic acids is 1. The summed E-state index contributed by atoms with van der Waals surface area (Å²) in [5, 5.41) is 12.3. The maximum absolute atomic E-state index is 11.6. The summed E-state index contributed by atoms with van der Waals surface area (Å²) in [7, 11) is 0. The number of hydrogen-bond donors (Lipinski definition) is 2. The smallest absolute Gasteiger partial charge is 0.224 e. The summed E-state index contributed by atoms with van der Waals surface area (Å²) in [5.41, 5.74) is 1.40. The molecule has 0 aliphatic carbocycles. The normalized spacial score (nSPS) is 10.5. The molecule has 3 heteroatoms. The number of hydrogen-bond acceptors (Lipinski definition) is 2. The van der Waals surface area contributed by atoms with Crippen LogP contribution in [-0.4, -0.2) is 11.0 Å². The molecule has 0 aliphatic heterocycles. The predicted molar refractivity (Wildman–Crippen MR) is 65.5 cm³/mol. The molecule has 0 fully saturated rings. The third kappa shape index (κ3) is 3.57. The summed E-state index contributed by atoms with van der Waals surface area (Å²) < 4.78 is 0. The summed E-state index contributed by atoms with van der Waals surface area (Å²) in [6.07, 6.45) is 1.40. The van der Waals surface area contributed by atoms with Gasteiger partial charge in [-0.05, 0) is 31.4 Å². The molecule has 1 amide bonds. The second-order valence-corrected chi connectivity index (χ2v) is 4.43. The number of rotatable bonds is 4. The minimum atomic E-state index is 0.00222. The number of phenols is 1. The Morgan fingerprint density at radius 3 is 2.75 bits per heavy atom. The first-order chi connectivity index (χ1) is 7.50. The number of nitrogens with one attached hydrogen (secondary N) is 1. The van der Waals surface area contributed by atoms with Crippen LogP contribution in [0.2, 0.25) is 0 Å². The van der Waals surface area contributed by atoms with Gasteiger partial charge in [0, 0.05) is 17.7 Å². The van der Waals surface area contributed by atoms with Gasteiger partial charge in [-0.1, -0.05) is 19.9 Å². The quantitative estimate of drug-likeness (QED) is 0.820. The monoisotopic (exact) mass is 221 g/mol. The molecular weight excluding hydrogens is 202 g/mol. The maximum Gasteiger partial charge on any atom is 0.224 e. The highest BCUT2D eigenvalue weighted by molar-refractivity contribution is 5.91. The molecule has 0 unspecified atom stereocenters. The van der Waals surface area contributed by atoms with Gasteiger partial charge in [-0.25, -0.2) is 0 Å². The molecule has 1 rings (SSSR count). The second-order valence-electron chi connectivity index (χ2n) is 4.43. The molecule has 2 N–H and O–H groups in total. The SMILES string of the molecule is Cc1c(O)cccc1NC(=O)CCC(C)C. The van der Waals surface area contributed by atoms with Crippen molar-refractivity contribution < 1.29 is 9.90 Å². The summed E-state index contributed by atoms with van der Waals surface area (Å²) in [6, 6.07) is 5.13. The van der Waals surface area contributed by atoms with Crippen molar-refractivity contribution in [2.75, 3.05) is 5.32 Å². The average molecular weight is 221 g/mol. The third-order valence-corrected chi connectivity index (χ3v) is 2.53. The van der Waals surface area contributed by atoms with Gasteiger partial charge in [0.25, 0.3) is 0 Å². The molecule has 0 heterocycles. The predicted octanol–water partition coefficient (Wildman–Crippen LogP) is 3.08. The Kier molecular flexibility index (Phi) is 4.35. The molecular formula is C13H19NO2. The van der Waals surface area contributed by atoms with Crippen LogP contribution >= 0.6 is 0 Å². The highest BCUT2D eigenvalue weighted by Crippen LogP contribution is 2.24. The molecule has 16 heavy (non-hydrogen) atoms. The number of amides is 1. The Bertz CT molecular complexity index is 372. The molecule has 0 aliphatic rings. The standard InChI is InChI=1S/C13H19NO2/c1-9(2)7-8-13(16)14-11-5-4-6-12(15)10(11)3/h4-6,9,15H,7-8H2,1-3H3,(H,14,16). The van der Waals surface area contributed by atoms with Crippen LogP contribution in [0.25, 0.3) is 0 Å². The van der Waals surface area contributed by atoms with E-state index in [1.807, 2.05) is 0 Å². The molecule has 1 aromatic rings. The average Bonchev–Trinajstić information content (AvgIpc) is 2.22. The molecule has 0 atom stereocenters. The van der Waals surface area contributed by atoms with Crippen LogP contribution in [-0.2, 0) is 4.79 Å². The fraction of sp³-hybridized carbons (Fsp3) is 0.462. The van der Waals surface area contributed by atoms with Crippen LogP contribution in [0.1, 0.15) is 32.3 Å². The first-order valence-electron chi connectivity index (χ1n) is 5.59. The second kappa shape index (κ2) is 5.54. The van der Waals surface area contributed by atoms with Crippen molar-refractivity contribution in [3.8, 4) is 5.75 Å². The van der Waals surface area contributed by atoms with Gasteiger partial charge in [0.05, 0.1) is 0 Å². The molecule has 0 spiro atoms. The van der Waals surface area contributed by atoms with Crippen LogP contribution in [0, 0.1) is 12.8 Å². The third-order valence-electron chi connectivity index (χ3n) is 2.53. The van der Waals surface area contributed by atoms with Crippen LogP contribution in [0.5, 0.6) is 5.75 Å². The van der Waals surface area contributed by atoms with Gasteiger partial charge >= 0.3 is 0 Å². The lowest BCUT2D eigenvalue weighted by molar-refractivity contribution is -0.116. The number of aromatic hydroxyl groups is 1. The molecule has 0 saturated carbocycles. The number of anilines is 1. The van der Waals surface area contributed by atoms with Crippen LogP contribution < -0.4 is 5.32 Å². The Balaban J connectivity index is 2.59. The van der Waals surface area contributed by atoms with Crippen LogP contribution in [0.15, 0.2) is 18.2 Å². The molecule has 0 aromatic heterocycles. The highest BCUT2D eigenvalue weighted by atomic mass is 16.3. The summed E-state index contributed by atoms with van der Waals surface area (Å²) in [4.78, 5) is 11.6. The van der Waals surface area contributed by atoms with Gasteiger partial charge in [0.1, 0.15) is 5.75 Å². The minimum absolute atomic E-state index is 0.00222. The minimum Gasteiger partial charge on any atom is -0.508 e. The van der Waals surface area contributed by atoms with Crippen molar-refractivity contribution in [1.29, 1.82) is 0 Å². The van der Waals surface area contributed by atoms with Crippen molar-refractivity contribution in [3.63, 3.8) is 0 Å². The zero-order chi connectivity index (χ0) is 12.1. The van der Waals surface area contributed by atoms with Gasteiger partial charge in [0.15, 0.2) is 0 Å². The Morgan fingerprint density at radius 1 is 1.44 bits per heavy atom. The van der Waals surface area contributed by atoms with E-state index in [2.05, 4.69) is 19.2 Å². The molecule has 0 bridgehead atoms. The zero-order valence-corrected chi connectivity index (χ0v) is 10.1. The van der Waals surface area contributed by atoms with Gasteiger partial charge < -0.3 is 10.4 Å². The van der Waals surface area contributed by atoms with Crippen molar-refractivity contribution >= 4 is 11.6 Å². The maximum atomic E-state index is 11.6. The Hall–Kier alpha value is -1.51. The zero-order valence-electron chi connectivity index (χ0n) is 10.1. The van der Waals surface area contributed by atoms with Crippen molar-refractivity contribution in [2.45, 2.75) is 33.6 Å². The van der Waals surface area contributed by atoms with Crippen LogP contribution in [0.3, 0.4) is 0 Å². The lowest BCUT2D eigenvalue weighted by Crippen LogP contribution is -2.12. The summed E-state index contributed by atoms with van der Waals surface area (Å²) in [6.45, 7) is 5.97. The topological polar surface area (TPSA) is 49.3 Å². The van der Waals surface area contributed by atoms with Crippen molar-refractivity contribution in [3.05, 3.63) is 23.8 Å². The van der Waals surface area contributed by atoms with Crippen molar-refractivity contribution in [2.24, 2.45) is 5.92 Å². The number of carbonyl (C=O) groups is 1. The lowest BCUT2D eigenvalue weighted by Gasteiger charge is -2.10. The number of phenolic OH excluding ortho intramolecular Hbond substituents is 1. The molecule has 1 aromatic carbocycles. The van der Waals surface area contributed by atoms with E-state index in [4.69, 9.17) is 0 Å². The molecule has 0 saturated heterocycles. The van der Waals surface area contributed by atoms with Gasteiger partial charge in [-0.2, -0.15) is 0 Å². The van der Waals surface area contributed by atoms with E-state index in [1.54, 1.807) is 25.1 Å². The van der Waals surface area contributed by atoms with E-state index >= 15 is 0 Å². The first kappa shape index (κ1) is 12.6. The summed E-state index contributed by atoms with van der Waals surface area (Å²) in [5.74, 6) is 0.736. The fourth-order valence-corrected chi connectivity index (χ4v) is 1.39. The van der Waals surface area contributed by atoms with E-state index in [1.165, 1.54) is 0 Å². The van der Waals surface area contributed by atoms with E-state index in [0.717, 1.165) is 6.42 Å².